The van der Waals surface area contributed by atoms with Gasteiger partial charge in [-0.15, -0.1) is 0 Å². The van der Waals surface area contributed by atoms with Crippen LogP contribution in [-0.2, 0) is 6.61 Å². The maximum absolute atomic E-state index is 12.8. The number of ether oxygens (including phenoxy) is 3. The largest absolute Gasteiger partial charge is 0.493 e. The van der Waals surface area contributed by atoms with Gasteiger partial charge in [-0.25, -0.2) is 14.8 Å². The van der Waals surface area contributed by atoms with E-state index >= 15 is 0 Å². The standard InChI is InChI=1S/C27H26ClN5O4/c1-17-14-29-9-10-33(17)27(34)37-25-12-19-15-31-26(32-22(19)13-24(25)35-2)18-6-7-23(21(28)11-18)36-16-20-5-3-4-8-30-20/h3-8,11-13,15,17,29H,9-10,14,16H2,1-2H3/t17-/m1/s1. The number of piperazine rings is 1. The number of nitrogens with zero attached hydrogens (tertiary/aromatic N) is 4. The topological polar surface area (TPSA) is 98.7 Å². The summed E-state index contributed by atoms with van der Waals surface area (Å²) in [6.45, 7) is 4.32. The lowest BCUT2D eigenvalue weighted by Crippen LogP contribution is -2.53. The summed E-state index contributed by atoms with van der Waals surface area (Å²) in [5.41, 5.74) is 2.19. The Kier molecular flexibility index (Phi) is 7.34. The van der Waals surface area contributed by atoms with Crippen LogP contribution in [0.25, 0.3) is 22.3 Å². The molecule has 3 heterocycles. The summed E-state index contributed by atoms with van der Waals surface area (Å²) >= 11 is 6.48. The maximum Gasteiger partial charge on any atom is 0.415 e. The number of benzene rings is 2. The van der Waals surface area contributed by atoms with E-state index in [0.717, 1.165) is 24.3 Å². The van der Waals surface area contributed by atoms with Crippen molar-refractivity contribution >= 4 is 28.6 Å². The normalized spacial score (nSPS) is 15.4. The molecule has 4 aromatic rings. The number of pyridine rings is 1. The van der Waals surface area contributed by atoms with E-state index in [4.69, 9.17) is 25.8 Å². The smallest absolute Gasteiger partial charge is 0.415 e. The van der Waals surface area contributed by atoms with Crippen LogP contribution >= 0.6 is 11.6 Å². The van der Waals surface area contributed by atoms with Crippen molar-refractivity contribution in [1.29, 1.82) is 0 Å². The number of hydrogen-bond acceptors (Lipinski definition) is 8. The van der Waals surface area contributed by atoms with E-state index in [2.05, 4.69) is 20.3 Å². The molecule has 0 unspecified atom stereocenters. The average molecular weight is 520 g/mol. The first kappa shape index (κ1) is 24.7. The predicted octanol–water partition coefficient (Wildman–Crippen LogP) is 4.73. The molecule has 1 N–H and O–H groups in total. The molecule has 0 aliphatic carbocycles. The number of carbonyl (C=O) groups excluding carboxylic acids is 1. The zero-order chi connectivity index (χ0) is 25.8. The molecule has 0 bridgehead atoms. The zero-order valence-electron chi connectivity index (χ0n) is 20.5. The highest BCUT2D eigenvalue weighted by Crippen LogP contribution is 2.34. The molecular formula is C27H26ClN5O4. The minimum atomic E-state index is -0.413. The number of nitrogens with one attached hydrogen (secondary N) is 1. The second kappa shape index (κ2) is 11.0. The fourth-order valence-electron chi connectivity index (χ4n) is 4.07. The molecule has 1 aliphatic rings. The first-order valence-corrected chi connectivity index (χ1v) is 12.3. The molecule has 9 nitrogen and oxygen atoms in total. The van der Waals surface area contributed by atoms with E-state index in [0.29, 0.717) is 52.2 Å². The average Bonchev–Trinajstić information content (AvgIpc) is 2.92. The fourth-order valence-corrected chi connectivity index (χ4v) is 4.31. The molecule has 1 amide bonds. The van der Waals surface area contributed by atoms with Gasteiger partial charge in [0.15, 0.2) is 17.3 Å². The second-order valence-electron chi connectivity index (χ2n) is 8.62. The summed E-state index contributed by atoms with van der Waals surface area (Å²) in [5.74, 6) is 1.76. The third kappa shape index (κ3) is 5.58. The Hall–Kier alpha value is -3.95. The SMILES string of the molecule is COc1cc2nc(-c3ccc(OCc4ccccn4)c(Cl)c3)ncc2cc1OC(=O)N1CCNC[C@H]1C. The number of aromatic nitrogens is 3. The van der Waals surface area contributed by atoms with Crippen LogP contribution in [0.3, 0.4) is 0 Å². The Balaban J connectivity index is 1.35. The van der Waals surface area contributed by atoms with Gasteiger partial charge in [0.05, 0.1) is 23.3 Å². The molecular weight excluding hydrogens is 494 g/mol. The van der Waals surface area contributed by atoms with Crippen molar-refractivity contribution in [1.82, 2.24) is 25.2 Å². The van der Waals surface area contributed by atoms with E-state index in [1.807, 2.05) is 31.2 Å². The third-order valence-electron chi connectivity index (χ3n) is 6.09. The zero-order valence-corrected chi connectivity index (χ0v) is 21.2. The molecule has 0 radical (unpaired) electrons. The van der Waals surface area contributed by atoms with Gasteiger partial charge < -0.3 is 24.4 Å². The monoisotopic (exact) mass is 519 g/mol. The number of halogens is 1. The number of methoxy groups -OCH3 is 1. The summed E-state index contributed by atoms with van der Waals surface area (Å²) in [4.78, 5) is 27.9. The molecule has 2 aromatic heterocycles. The molecule has 5 rings (SSSR count). The van der Waals surface area contributed by atoms with Crippen molar-refractivity contribution in [2.45, 2.75) is 19.6 Å². The van der Waals surface area contributed by atoms with Gasteiger partial charge in [0.2, 0.25) is 0 Å². The number of rotatable bonds is 6. The van der Waals surface area contributed by atoms with Crippen molar-refractivity contribution in [2.75, 3.05) is 26.7 Å². The quantitative estimate of drug-likeness (QED) is 0.390. The predicted molar refractivity (Wildman–Crippen MR) is 140 cm³/mol. The molecule has 1 aliphatic heterocycles. The van der Waals surface area contributed by atoms with Gasteiger partial charge in [-0.1, -0.05) is 17.7 Å². The van der Waals surface area contributed by atoms with Gasteiger partial charge in [0.25, 0.3) is 0 Å². The molecule has 37 heavy (non-hydrogen) atoms. The van der Waals surface area contributed by atoms with Gasteiger partial charge >= 0.3 is 6.09 Å². The van der Waals surface area contributed by atoms with Crippen molar-refractivity contribution in [2.24, 2.45) is 0 Å². The number of hydrogen-bond donors (Lipinski definition) is 1. The summed E-state index contributed by atoms with van der Waals surface area (Å²) in [6.07, 6.45) is 2.99. The highest BCUT2D eigenvalue weighted by atomic mass is 35.5. The Labute approximate surface area is 219 Å². The summed E-state index contributed by atoms with van der Waals surface area (Å²) in [7, 11) is 1.53. The molecule has 10 heteroatoms. The highest BCUT2D eigenvalue weighted by Gasteiger charge is 2.26. The Morgan fingerprint density at radius 2 is 2.03 bits per heavy atom. The van der Waals surface area contributed by atoms with Crippen molar-refractivity contribution in [3.05, 3.63) is 71.6 Å². The highest BCUT2D eigenvalue weighted by molar-refractivity contribution is 6.32. The first-order valence-electron chi connectivity index (χ1n) is 11.9. The van der Waals surface area contributed by atoms with Gasteiger partial charge in [-0.3, -0.25) is 4.98 Å². The third-order valence-corrected chi connectivity index (χ3v) is 6.39. The lowest BCUT2D eigenvalue weighted by atomic mass is 10.1. The van der Waals surface area contributed by atoms with Crippen LogP contribution in [0.5, 0.6) is 17.2 Å². The number of amides is 1. The van der Waals surface area contributed by atoms with Crippen LogP contribution in [0.15, 0.2) is 60.9 Å². The minimum Gasteiger partial charge on any atom is -0.493 e. The Morgan fingerprint density at radius 3 is 2.78 bits per heavy atom. The molecule has 0 saturated carbocycles. The van der Waals surface area contributed by atoms with Gasteiger partial charge in [-0.2, -0.15) is 0 Å². The van der Waals surface area contributed by atoms with Crippen molar-refractivity contribution in [3.63, 3.8) is 0 Å². The first-order chi connectivity index (χ1) is 18.0. The second-order valence-corrected chi connectivity index (χ2v) is 9.03. The van der Waals surface area contributed by atoms with Crippen LogP contribution in [-0.4, -0.2) is 58.7 Å². The van der Waals surface area contributed by atoms with Gasteiger partial charge in [-0.05, 0) is 43.3 Å². The molecule has 2 aromatic carbocycles. The van der Waals surface area contributed by atoms with Crippen LogP contribution in [0.4, 0.5) is 4.79 Å². The van der Waals surface area contributed by atoms with Crippen LogP contribution in [0.2, 0.25) is 5.02 Å². The van der Waals surface area contributed by atoms with Crippen molar-refractivity contribution in [3.8, 4) is 28.6 Å². The molecule has 1 saturated heterocycles. The van der Waals surface area contributed by atoms with E-state index in [1.165, 1.54) is 7.11 Å². The van der Waals surface area contributed by atoms with E-state index in [-0.39, 0.29) is 6.04 Å². The van der Waals surface area contributed by atoms with Gasteiger partial charge in [0, 0.05) is 55.1 Å². The Bertz CT molecular complexity index is 1420. The summed E-state index contributed by atoms with van der Waals surface area (Å²) < 4.78 is 17.0. The summed E-state index contributed by atoms with van der Waals surface area (Å²) in [5, 5.41) is 4.41. The van der Waals surface area contributed by atoms with Crippen molar-refractivity contribution < 1.29 is 19.0 Å². The van der Waals surface area contributed by atoms with Crippen LogP contribution in [0.1, 0.15) is 12.6 Å². The lowest BCUT2D eigenvalue weighted by Gasteiger charge is -2.33. The number of fused-ring (bicyclic) bond motifs is 1. The Morgan fingerprint density at radius 1 is 1.14 bits per heavy atom. The molecule has 0 spiro atoms. The van der Waals surface area contributed by atoms with E-state index in [9.17, 15) is 4.79 Å². The molecule has 190 valence electrons. The van der Waals surface area contributed by atoms with Crippen LogP contribution < -0.4 is 19.5 Å². The lowest BCUT2D eigenvalue weighted by molar-refractivity contribution is 0.123. The number of carbonyl (C=O) groups is 1. The fraction of sp³-hybridized carbons (Fsp3) is 0.259. The molecule has 1 fully saturated rings. The van der Waals surface area contributed by atoms with E-state index < -0.39 is 6.09 Å². The van der Waals surface area contributed by atoms with Gasteiger partial charge in [0.1, 0.15) is 12.4 Å². The molecule has 1 atom stereocenters. The maximum atomic E-state index is 12.8. The summed E-state index contributed by atoms with van der Waals surface area (Å²) in [6, 6.07) is 14.5. The minimum absolute atomic E-state index is 0.0391. The van der Waals surface area contributed by atoms with E-state index in [1.54, 1.807) is 41.6 Å². The van der Waals surface area contributed by atoms with Crippen LogP contribution in [0, 0.1) is 0 Å².